The van der Waals surface area contributed by atoms with Crippen molar-refractivity contribution in [3.05, 3.63) is 130 Å². The van der Waals surface area contributed by atoms with E-state index in [1.54, 1.807) is 72.8 Å². The summed E-state index contributed by atoms with van der Waals surface area (Å²) in [5.74, 6) is 1.68. The third-order valence-electron chi connectivity index (χ3n) is 5.96. The zero-order valence-corrected chi connectivity index (χ0v) is 21.4. The predicted octanol–water partition coefficient (Wildman–Crippen LogP) is 5.26. The molecule has 0 aliphatic carbocycles. The minimum Gasteiger partial charge on any atom is -0.457 e. The third kappa shape index (κ3) is 5.99. The van der Waals surface area contributed by atoms with Gasteiger partial charge in [0.1, 0.15) is 11.5 Å². The zero-order chi connectivity index (χ0) is 28.0. The van der Waals surface area contributed by atoms with Gasteiger partial charge in [0, 0.05) is 22.5 Å². The molecule has 11 heteroatoms. The lowest BCUT2D eigenvalue weighted by atomic mass is 10.2. The van der Waals surface area contributed by atoms with Gasteiger partial charge in [0.25, 0.3) is 11.1 Å². The van der Waals surface area contributed by atoms with Gasteiger partial charge >= 0.3 is 0 Å². The molecule has 0 amide bonds. The minimum atomic E-state index is -0.339. The highest BCUT2D eigenvalue weighted by Crippen LogP contribution is 2.26. The fraction of sp³-hybridized carbons (Fsp3) is 0. The quantitative estimate of drug-likeness (QED) is 0.202. The van der Waals surface area contributed by atoms with Crippen LogP contribution in [0.3, 0.4) is 0 Å². The lowest BCUT2D eigenvalue weighted by Crippen LogP contribution is -2.15. The Hall–Kier alpha value is -6.10. The fourth-order valence-electron chi connectivity index (χ4n) is 3.98. The second-order valence-corrected chi connectivity index (χ2v) is 8.84. The molecule has 0 saturated heterocycles. The summed E-state index contributed by atoms with van der Waals surface area (Å²) in [6.07, 6.45) is 0. The van der Waals surface area contributed by atoms with E-state index in [0.717, 1.165) is 0 Å². The highest BCUT2D eigenvalue weighted by Gasteiger charge is 2.09. The van der Waals surface area contributed by atoms with Gasteiger partial charge in [-0.05, 0) is 48.5 Å². The number of rotatable bonds is 8. The second kappa shape index (κ2) is 11.3. The summed E-state index contributed by atoms with van der Waals surface area (Å²) in [6.45, 7) is 0. The largest absolute Gasteiger partial charge is 0.457 e. The van der Waals surface area contributed by atoms with E-state index in [-0.39, 0.29) is 34.4 Å². The number of nitrogens with zero attached hydrogens (tertiary/aromatic N) is 4. The summed E-state index contributed by atoms with van der Waals surface area (Å²) >= 11 is 0. The number of hydrogen-bond donors (Lipinski definition) is 4. The first-order valence-electron chi connectivity index (χ1n) is 12.6. The predicted molar refractivity (Wildman–Crippen MR) is 156 cm³/mol. The van der Waals surface area contributed by atoms with Crippen molar-refractivity contribution in [3.8, 4) is 34.0 Å². The van der Waals surface area contributed by atoms with E-state index in [1.165, 1.54) is 0 Å². The first kappa shape index (κ1) is 25.2. The van der Waals surface area contributed by atoms with Crippen LogP contribution in [0.5, 0.6) is 11.5 Å². The Balaban J connectivity index is 1.06. The van der Waals surface area contributed by atoms with Crippen molar-refractivity contribution in [1.82, 2.24) is 30.4 Å². The van der Waals surface area contributed by atoms with Crippen LogP contribution in [0.2, 0.25) is 0 Å². The molecule has 0 fully saturated rings. The van der Waals surface area contributed by atoms with Crippen molar-refractivity contribution in [2.75, 3.05) is 10.6 Å². The highest BCUT2D eigenvalue weighted by molar-refractivity contribution is 5.60. The molecule has 11 nitrogen and oxygen atoms in total. The van der Waals surface area contributed by atoms with Gasteiger partial charge in [0.15, 0.2) is 11.4 Å². The minimum absolute atomic E-state index is 0.229. The maximum Gasteiger partial charge on any atom is 0.279 e. The molecule has 200 valence electrons. The second-order valence-electron chi connectivity index (χ2n) is 8.84. The number of aromatic amines is 2. The topological polar surface area (TPSA) is 151 Å². The van der Waals surface area contributed by atoms with E-state index in [0.29, 0.717) is 34.0 Å². The van der Waals surface area contributed by atoms with E-state index in [4.69, 9.17) is 4.74 Å². The molecule has 2 heterocycles. The number of nitrogens with one attached hydrogen (secondary N) is 4. The standard InChI is InChI=1S/C30H22N8O3/c39-27-25(19-7-3-1-4-8-19)35-37-29(33-27)31-21-11-15-23(16-12-21)41-24-17-13-22(14-18-24)32-30-34-28(40)26(36-38-30)20-9-5-2-6-10-20/h1-18H,(H2,31,33,37,39)(H2,32,34,38,40). The van der Waals surface area contributed by atoms with Gasteiger partial charge in [-0.15, -0.1) is 20.4 Å². The number of H-pyrrole nitrogens is 2. The van der Waals surface area contributed by atoms with Gasteiger partial charge < -0.3 is 15.4 Å². The molecule has 0 unspecified atom stereocenters. The van der Waals surface area contributed by atoms with Gasteiger partial charge in [0.05, 0.1) is 0 Å². The van der Waals surface area contributed by atoms with Gasteiger partial charge in [-0.1, -0.05) is 60.7 Å². The summed E-state index contributed by atoms with van der Waals surface area (Å²) in [5.41, 5.74) is 2.61. The average Bonchev–Trinajstić information content (AvgIpc) is 3.00. The maximum atomic E-state index is 12.5. The Morgan fingerprint density at radius 1 is 0.488 bits per heavy atom. The number of benzene rings is 4. The van der Waals surface area contributed by atoms with Gasteiger partial charge in [-0.2, -0.15) is 0 Å². The first-order chi connectivity index (χ1) is 20.1. The Bertz CT molecular complexity index is 1750. The van der Waals surface area contributed by atoms with Crippen molar-refractivity contribution in [1.29, 1.82) is 0 Å². The molecule has 0 aliphatic rings. The lowest BCUT2D eigenvalue weighted by molar-refractivity contribution is 0.483. The van der Waals surface area contributed by atoms with Crippen LogP contribution in [0.4, 0.5) is 23.3 Å². The smallest absolute Gasteiger partial charge is 0.279 e. The van der Waals surface area contributed by atoms with E-state index in [9.17, 15) is 9.59 Å². The molecule has 4 N–H and O–H groups in total. The number of aromatic nitrogens is 6. The summed E-state index contributed by atoms with van der Waals surface area (Å²) in [6, 6.07) is 32.6. The summed E-state index contributed by atoms with van der Waals surface area (Å²) in [7, 11) is 0. The van der Waals surface area contributed by atoms with E-state index in [2.05, 4.69) is 41.0 Å². The normalized spacial score (nSPS) is 10.6. The molecule has 0 radical (unpaired) electrons. The van der Waals surface area contributed by atoms with Crippen LogP contribution in [0, 0.1) is 0 Å². The van der Waals surface area contributed by atoms with E-state index >= 15 is 0 Å². The SMILES string of the molecule is O=c1[nH]c(Nc2ccc(Oc3ccc(Nc4nnc(-c5ccccc5)c(=O)[nH]4)cc3)cc2)nnc1-c1ccccc1. The molecule has 0 bridgehead atoms. The Morgan fingerprint density at radius 2 is 0.878 bits per heavy atom. The summed E-state index contributed by atoms with van der Waals surface area (Å²) in [5, 5.41) is 22.3. The first-order valence-corrected chi connectivity index (χ1v) is 12.6. The van der Waals surface area contributed by atoms with E-state index < -0.39 is 0 Å². The fourth-order valence-corrected chi connectivity index (χ4v) is 3.98. The van der Waals surface area contributed by atoms with Gasteiger partial charge in [0.2, 0.25) is 11.9 Å². The number of hydrogen-bond acceptors (Lipinski definition) is 9. The van der Waals surface area contributed by atoms with Crippen molar-refractivity contribution < 1.29 is 4.74 Å². The number of anilines is 4. The van der Waals surface area contributed by atoms with Crippen LogP contribution < -0.4 is 26.5 Å². The molecule has 6 aromatic rings. The lowest BCUT2D eigenvalue weighted by Gasteiger charge is -2.10. The Morgan fingerprint density at radius 3 is 1.24 bits per heavy atom. The van der Waals surface area contributed by atoms with Crippen LogP contribution in [-0.2, 0) is 0 Å². The summed E-state index contributed by atoms with van der Waals surface area (Å²) < 4.78 is 5.93. The van der Waals surface area contributed by atoms with Crippen molar-refractivity contribution >= 4 is 23.3 Å². The molecule has 0 atom stereocenters. The van der Waals surface area contributed by atoms with Crippen molar-refractivity contribution in [3.63, 3.8) is 0 Å². The van der Waals surface area contributed by atoms with Gasteiger partial charge in [-0.3, -0.25) is 19.6 Å². The van der Waals surface area contributed by atoms with Crippen LogP contribution in [0.1, 0.15) is 0 Å². The average molecular weight is 543 g/mol. The van der Waals surface area contributed by atoms with Crippen LogP contribution in [0.15, 0.2) is 119 Å². The van der Waals surface area contributed by atoms with Crippen LogP contribution in [-0.4, -0.2) is 30.4 Å². The van der Waals surface area contributed by atoms with Crippen molar-refractivity contribution in [2.24, 2.45) is 0 Å². The van der Waals surface area contributed by atoms with E-state index in [1.807, 2.05) is 36.4 Å². The van der Waals surface area contributed by atoms with Crippen LogP contribution in [0.25, 0.3) is 22.5 Å². The van der Waals surface area contributed by atoms with Crippen molar-refractivity contribution in [2.45, 2.75) is 0 Å². The highest BCUT2D eigenvalue weighted by atomic mass is 16.5. The Labute approximate surface area is 233 Å². The molecular formula is C30H22N8O3. The van der Waals surface area contributed by atoms with Crippen LogP contribution >= 0.6 is 0 Å². The maximum absolute atomic E-state index is 12.5. The molecule has 6 rings (SSSR count). The molecule has 41 heavy (non-hydrogen) atoms. The molecule has 2 aromatic heterocycles. The third-order valence-corrected chi connectivity index (χ3v) is 5.96. The Kier molecular flexibility index (Phi) is 6.96. The molecule has 0 spiro atoms. The molecule has 0 aliphatic heterocycles. The monoisotopic (exact) mass is 542 g/mol. The molecular weight excluding hydrogens is 520 g/mol. The zero-order valence-electron chi connectivity index (χ0n) is 21.4. The number of ether oxygens (including phenoxy) is 1. The summed E-state index contributed by atoms with van der Waals surface area (Å²) in [4.78, 5) is 30.3. The molecule has 0 saturated carbocycles. The van der Waals surface area contributed by atoms with Gasteiger partial charge in [-0.25, -0.2) is 0 Å². The molecule has 4 aromatic carbocycles.